The van der Waals surface area contributed by atoms with Crippen LogP contribution in [-0.2, 0) is 11.3 Å². The lowest BCUT2D eigenvalue weighted by Gasteiger charge is -2.29. The standard InChI is InChI=1S/C14H18BrFN2O/c1-9-3-2-6-17-13(9)14(19)18-8-10-7-11(16)4-5-12(10)15/h4-5,7,9,13,17H,2-3,6,8H2,1H3,(H,18,19). The Hall–Kier alpha value is -0.940. The monoisotopic (exact) mass is 328 g/mol. The summed E-state index contributed by atoms with van der Waals surface area (Å²) in [6, 6.07) is 4.33. The predicted octanol–water partition coefficient (Wildman–Crippen LogP) is 2.59. The SMILES string of the molecule is CC1CCCNC1C(=O)NCc1cc(F)ccc1Br. The van der Waals surface area contributed by atoms with Crippen molar-refractivity contribution in [1.29, 1.82) is 0 Å². The molecule has 0 saturated carbocycles. The van der Waals surface area contributed by atoms with Crippen LogP contribution in [0.5, 0.6) is 0 Å². The van der Waals surface area contributed by atoms with E-state index in [0.29, 0.717) is 12.5 Å². The van der Waals surface area contributed by atoms with E-state index in [1.165, 1.54) is 12.1 Å². The average molecular weight is 329 g/mol. The Bertz CT molecular complexity index is 467. The van der Waals surface area contributed by atoms with Crippen molar-refractivity contribution >= 4 is 21.8 Å². The molecule has 2 atom stereocenters. The van der Waals surface area contributed by atoms with Gasteiger partial charge in [-0.3, -0.25) is 4.79 Å². The number of carbonyl (C=O) groups excluding carboxylic acids is 1. The number of piperidine rings is 1. The number of benzene rings is 1. The van der Waals surface area contributed by atoms with Gasteiger partial charge in [-0.1, -0.05) is 22.9 Å². The van der Waals surface area contributed by atoms with E-state index < -0.39 is 0 Å². The highest BCUT2D eigenvalue weighted by Crippen LogP contribution is 2.19. The summed E-state index contributed by atoms with van der Waals surface area (Å²) in [5.74, 6) is 0.0321. The van der Waals surface area contributed by atoms with Crippen LogP contribution in [0.3, 0.4) is 0 Å². The van der Waals surface area contributed by atoms with Gasteiger partial charge in [-0.05, 0) is 49.1 Å². The summed E-state index contributed by atoms with van der Waals surface area (Å²) in [5.41, 5.74) is 0.747. The van der Waals surface area contributed by atoms with Gasteiger partial charge in [-0.2, -0.15) is 0 Å². The van der Waals surface area contributed by atoms with E-state index in [4.69, 9.17) is 0 Å². The highest BCUT2D eigenvalue weighted by Gasteiger charge is 2.27. The average Bonchev–Trinajstić information content (AvgIpc) is 2.40. The summed E-state index contributed by atoms with van der Waals surface area (Å²) in [5, 5.41) is 6.10. The molecule has 1 fully saturated rings. The molecule has 1 aliphatic heterocycles. The summed E-state index contributed by atoms with van der Waals surface area (Å²) in [6.07, 6.45) is 2.18. The number of hydrogen-bond donors (Lipinski definition) is 2. The van der Waals surface area contributed by atoms with E-state index in [1.54, 1.807) is 6.07 Å². The quantitative estimate of drug-likeness (QED) is 0.895. The molecule has 0 radical (unpaired) electrons. The third kappa shape index (κ3) is 3.76. The number of rotatable bonds is 3. The van der Waals surface area contributed by atoms with Crippen molar-refractivity contribution in [2.45, 2.75) is 32.4 Å². The van der Waals surface area contributed by atoms with Gasteiger partial charge in [0, 0.05) is 11.0 Å². The van der Waals surface area contributed by atoms with Crippen LogP contribution in [-0.4, -0.2) is 18.5 Å². The molecule has 3 nitrogen and oxygen atoms in total. The summed E-state index contributed by atoms with van der Waals surface area (Å²) in [4.78, 5) is 12.1. The second-order valence-corrected chi connectivity index (χ2v) is 5.86. The normalized spacial score (nSPS) is 23.1. The van der Waals surface area contributed by atoms with Crippen molar-refractivity contribution < 1.29 is 9.18 Å². The zero-order valence-electron chi connectivity index (χ0n) is 10.9. The summed E-state index contributed by atoms with van der Waals surface area (Å²) in [6.45, 7) is 3.29. The summed E-state index contributed by atoms with van der Waals surface area (Å²) in [7, 11) is 0. The lowest BCUT2D eigenvalue weighted by molar-refractivity contribution is -0.125. The van der Waals surface area contributed by atoms with Crippen LogP contribution in [0.2, 0.25) is 0 Å². The van der Waals surface area contributed by atoms with Gasteiger partial charge in [0.1, 0.15) is 5.82 Å². The largest absolute Gasteiger partial charge is 0.351 e. The van der Waals surface area contributed by atoms with Gasteiger partial charge < -0.3 is 10.6 Å². The van der Waals surface area contributed by atoms with Crippen molar-refractivity contribution in [3.63, 3.8) is 0 Å². The van der Waals surface area contributed by atoms with Crippen molar-refractivity contribution in [1.82, 2.24) is 10.6 Å². The number of hydrogen-bond acceptors (Lipinski definition) is 2. The smallest absolute Gasteiger partial charge is 0.237 e. The fourth-order valence-corrected chi connectivity index (χ4v) is 2.76. The van der Waals surface area contributed by atoms with Gasteiger partial charge in [0.15, 0.2) is 0 Å². The molecular formula is C14H18BrFN2O. The highest BCUT2D eigenvalue weighted by molar-refractivity contribution is 9.10. The molecule has 0 aliphatic carbocycles. The maximum atomic E-state index is 13.1. The zero-order valence-corrected chi connectivity index (χ0v) is 12.5. The van der Waals surface area contributed by atoms with E-state index in [2.05, 4.69) is 33.5 Å². The van der Waals surface area contributed by atoms with E-state index in [-0.39, 0.29) is 17.8 Å². The van der Waals surface area contributed by atoms with Crippen molar-refractivity contribution in [3.05, 3.63) is 34.1 Å². The molecule has 0 bridgehead atoms. The molecule has 19 heavy (non-hydrogen) atoms. The molecular weight excluding hydrogens is 311 g/mol. The predicted molar refractivity (Wildman–Crippen MR) is 76.1 cm³/mol. The Balaban J connectivity index is 1.94. The minimum atomic E-state index is -0.295. The Kier molecular flexibility index (Phi) is 4.93. The number of amides is 1. The number of halogens is 2. The van der Waals surface area contributed by atoms with Crippen molar-refractivity contribution in [3.8, 4) is 0 Å². The van der Waals surface area contributed by atoms with Crippen molar-refractivity contribution in [2.24, 2.45) is 5.92 Å². The maximum absolute atomic E-state index is 13.1. The lowest BCUT2D eigenvalue weighted by atomic mass is 9.92. The van der Waals surface area contributed by atoms with E-state index in [9.17, 15) is 9.18 Å². The minimum Gasteiger partial charge on any atom is -0.351 e. The first-order chi connectivity index (χ1) is 9.08. The molecule has 0 aromatic heterocycles. The Morgan fingerprint density at radius 1 is 1.58 bits per heavy atom. The first-order valence-electron chi connectivity index (χ1n) is 6.53. The van der Waals surface area contributed by atoms with E-state index in [1.807, 2.05) is 0 Å². The van der Waals surface area contributed by atoms with Gasteiger partial charge in [0.2, 0.25) is 5.91 Å². The van der Waals surface area contributed by atoms with Gasteiger partial charge in [-0.25, -0.2) is 4.39 Å². The molecule has 104 valence electrons. The van der Waals surface area contributed by atoms with Crippen LogP contribution < -0.4 is 10.6 Å². The number of carbonyl (C=O) groups is 1. The Morgan fingerprint density at radius 3 is 3.11 bits per heavy atom. The third-order valence-corrected chi connectivity index (χ3v) is 4.29. The van der Waals surface area contributed by atoms with E-state index >= 15 is 0 Å². The van der Waals surface area contributed by atoms with Gasteiger partial charge in [0.05, 0.1) is 6.04 Å². The fraction of sp³-hybridized carbons (Fsp3) is 0.500. The van der Waals surface area contributed by atoms with Crippen molar-refractivity contribution in [2.75, 3.05) is 6.54 Å². The lowest BCUT2D eigenvalue weighted by Crippen LogP contribution is -2.50. The van der Waals surface area contributed by atoms with Crippen LogP contribution >= 0.6 is 15.9 Å². The van der Waals surface area contributed by atoms with Crippen LogP contribution in [0, 0.1) is 11.7 Å². The summed E-state index contributed by atoms with van der Waals surface area (Å²) >= 11 is 3.35. The van der Waals surface area contributed by atoms with Crippen LogP contribution in [0.15, 0.2) is 22.7 Å². The highest BCUT2D eigenvalue weighted by atomic mass is 79.9. The Labute approximate surface area is 121 Å². The molecule has 5 heteroatoms. The van der Waals surface area contributed by atoms with Crippen LogP contribution in [0.4, 0.5) is 4.39 Å². The molecule has 1 aromatic rings. The van der Waals surface area contributed by atoms with E-state index in [0.717, 1.165) is 29.4 Å². The van der Waals surface area contributed by atoms with Gasteiger partial charge in [0.25, 0.3) is 0 Å². The second-order valence-electron chi connectivity index (χ2n) is 5.00. The molecule has 1 aromatic carbocycles. The molecule has 2 rings (SSSR count). The fourth-order valence-electron chi connectivity index (χ4n) is 2.37. The molecule has 2 N–H and O–H groups in total. The van der Waals surface area contributed by atoms with Gasteiger partial charge >= 0.3 is 0 Å². The molecule has 1 saturated heterocycles. The minimum absolute atomic E-state index is 0.0108. The number of nitrogens with one attached hydrogen (secondary N) is 2. The van der Waals surface area contributed by atoms with Crippen LogP contribution in [0.25, 0.3) is 0 Å². The molecule has 1 heterocycles. The molecule has 1 aliphatic rings. The zero-order chi connectivity index (χ0) is 13.8. The molecule has 1 amide bonds. The Morgan fingerprint density at radius 2 is 2.37 bits per heavy atom. The summed E-state index contributed by atoms with van der Waals surface area (Å²) < 4.78 is 13.9. The first-order valence-corrected chi connectivity index (χ1v) is 7.32. The molecule has 2 unspecified atom stereocenters. The third-order valence-electron chi connectivity index (χ3n) is 3.51. The first kappa shape index (κ1) is 14.5. The topological polar surface area (TPSA) is 41.1 Å². The second kappa shape index (κ2) is 6.48. The molecule has 0 spiro atoms. The van der Waals surface area contributed by atoms with Gasteiger partial charge in [-0.15, -0.1) is 0 Å². The van der Waals surface area contributed by atoms with Crippen LogP contribution in [0.1, 0.15) is 25.3 Å². The maximum Gasteiger partial charge on any atom is 0.237 e.